The number of hydrogen-bond donors (Lipinski definition) is 3. The molecule has 5 aromatic rings. The zero-order valence-corrected chi connectivity index (χ0v) is 23.7. The minimum atomic E-state index is -0.0865. The molecule has 6 rings (SSSR count). The molecule has 0 saturated carbocycles. The summed E-state index contributed by atoms with van der Waals surface area (Å²) < 4.78 is 7.82. The van der Waals surface area contributed by atoms with E-state index < -0.39 is 0 Å². The second-order valence-corrected chi connectivity index (χ2v) is 10.6. The average molecular weight is 572 g/mol. The molecule has 1 amide bonds. The van der Waals surface area contributed by atoms with Gasteiger partial charge in [-0.2, -0.15) is 5.10 Å². The third-order valence-electron chi connectivity index (χ3n) is 7.17. The zero-order valence-electron chi connectivity index (χ0n) is 23.0. The maximum Gasteiger partial charge on any atom is 0.238 e. The molecule has 1 aliphatic rings. The minimum Gasteiger partial charge on any atom is -0.489 e. The van der Waals surface area contributed by atoms with E-state index in [4.69, 9.17) is 21.3 Å². The second-order valence-electron chi connectivity index (χ2n) is 10.2. The van der Waals surface area contributed by atoms with E-state index >= 15 is 0 Å². The lowest BCUT2D eigenvalue weighted by Crippen LogP contribution is -2.33. The molecule has 0 bridgehead atoms. The number of rotatable bonds is 8. The number of carbonyl (C=O) groups is 1. The van der Waals surface area contributed by atoms with Crippen molar-refractivity contribution in [2.75, 3.05) is 30.3 Å². The van der Waals surface area contributed by atoms with E-state index in [2.05, 4.69) is 35.6 Å². The standard InChI is InChI=1S/C29H30ClN9O2/c1-17-13-33-29(35-25-11-18(2)38(3)37-25)36-27(17)22-14-32-28-21(22)5-4-6-23(28)34-26(40)16-39-10-8-20(15-39)41-19-7-9-31-24(30)12-19/h4-7,9,11-14,20,32H,8,10,15-16H2,1-3H3,(H,34,40)(H,33,35,36,37)/t20-/m0/s1. The maximum absolute atomic E-state index is 13.0. The van der Waals surface area contributed by atoms with Crippen molar-refractivity contribution in [3.05, 3.63) is 71.4 Å². The number of ether oxygens (including phenoxy) is 1. The van der Waals surface area contributed by atoms with Gasteiger partial charge in [-0.1, -0.05) is 23.7 Å². The number of pyridine rings is 1. The molecule has 3 N–H and O–H groups in total. The normalized spacial score (nSPS) is 15.4. The molecule has 41 heavy (non-hydrogen) atoms. The van der Waals surface area contributed by atoms with Gasteiger partial charge in [0.25, 0.3) is 0 Å². The third kappa shape index (κ3) is 5.86. The van der Waals surface area contributed by atoms with Crippen molar-refractivity contribution in [3.63, 3.8) is 0 Å². The predicted octanol–water partition coefficient (Wildman–Crippen LogP) is 4.86. The Morgan fingerprint density at radius 1 is 1.22 bits per heavy atom. The van der Waals surface area contributed by atoms with Gasteiger partial charge in [0.2, 0.25) is 11.9 Å². The first-order valence-electron chi connectivity index (χ1n) is 13.3. The van der Waals surface area contributed by atoms with Crippen LogP contribution >= 0.6 is 11.6 Å². The molecule has 1 fully saturated rings. The highest BCUT2D eigenvalue weighted by Crippen LogP contribution is 2.33. The van der Waals surface area contributed by atoms with Crippen LogP contribution in [-0.2, 0) is 11.8 Å². The number of aryl methyl sites for hydroxylation is 3. The fourth-order valence-corrected chi connectivity index (χ4v) is 5.21. The van der Waals surface area contributed by atoms with Gasteiger partial charge in [0.15, 0.2) is 5.82 Å². The highest BCUT2D eigenvalue weighted by atomic mass is 35.5. The van der Waals surface area contributed by atoms with Gasteiger partial charge in [-0.05, 0) is 38.0 Å². The van der Waals surface area contributed by atoms with Crippen molar-refractivity contribution in [1.29, 1.82) is 0 Å². The number of fused-ring (bicyclic) bond motifs is 1. The number of H-pyrrole nitrogens is 1. The van der Waals surface area contributed by atoms with E-state index in [1.54, 1.807) is 29.2 Å². The average Bonchev–Trinajstić information content (AvgIpc) is 3.64. The predicted molar refractivity (Wildman–Crippen MR) is 159 cm³/mol. The van der Waals surface area contributed by atoms with Crippen molar-refractivity contribution in [2.45, 2.75) is 26.4 Å². The van der Waals surface area contributed by atoms with E-state index in [-0.39, 0.29) is 18.6 Å². The van der Waals surface area contributed by atoms with Crippen molar-refractivity contribution in [1.82, 2.24) is 34.6 Å². The number of para-hydroxylation sites is 1. The smallest absolute Gasteiger partial charge is 0.238 e. The topological polar surface area (TPSA) is 126 Å². The van der Waals surface area contributed by atoms with Crippen LogP contribution in [0.25, 0.3) is 22.2 Å². The number of aromatic nitrogens is 6. The van der Waals surface area contributed by atoms with E-state index in [1.165, 1.54) is 0 Å². The second kappa shape index (κ2) is 11.2. The molecule has 210 valence electrons. The van der Waals surface area contributed by atoms with Crippen molar-refractivity contribution in [3.8, 4) is 17.0 Å². The summed E-state index contributed by atoms with van der Waals surface area (Å²) in [5.41, 5.74) is 5.23. The van der Waals surface area contributed by atoms with Gasteiger partial charge < -0.3 is 20.4 Å². The van der Waals surface area contributed by atoms with Crippen LogP contribution in [-0.4, -0.2) is 66.3 Å². The summed E-state index contributed by atoms with van der Waals surface area (Å²) in [7, 11) is 1.89. The van der Waals surface area contributed by atoms with Gasteiger partial charge in [-0.3, -0.25) is 14.4 Å². The molecule has 0 spiro atoms. The number of amides is 1. The summed E-state index contributed by atoms with van der Waals surface area (Å²) in [5, 5.41) is 12.1. The Labute approximate surface area is 241 Å². The van der Waals surface area contributed by atoms with E-state index in [1.807, 2.05) is 51.4 Å². The van der Waals surface area contributed by atoms with E-state index in [0.717, 1.165) is 46.4 Å². The monoisotopic (exact) mass is 571 g/mol. The zero-order chi connectivity index (χ0) is 28.5. The fraction of sp³-hybridized carbons (Fsp3) is 0.276. The van der Waals surface area contributed by atoms with Crippen molar-refractivity contribution < 1.29 is 9.53 Å². The molecule has 5 heterocycles. The number of aromatic amines is 1. The van der Waals surface area contributed by atoms with Crippen LogP contribution < -0.4 is 15.4 Å². The lowest BCUT2D eigenvalue weighted by Gasteiger charge is -2.17. The van der Waals surface area contributed by atoms with Crippen molar-refractivity contribution >= 4 is 45.9 Å². The molecule has 0 radical (unpaired) electrons. The highest BCUT2D eigenvalue weighted by molar-refractivity contribution is 6.29. The SMILES string of the molecule is Cc1cnc(Nc2cc(C)n(C)n2)nc1-c1c[nH]c2c(NC(=O)CN3CC[C@H](Oc4ccnc(Cl)c4)C3)cccc12. The molecule has 4 aromatic heterocycles. The van der Waals surface area contributed by atoms with Gasteiger partial charge in [-0.15, -0.1) is 0 Å². The Balaban J connectivity index is 1.14. The largest absolute Gasteiger partial charge is 0.489 e. The first-order valence-corrected chi connectivity index (χ1v) is 13.7. The van der Waals surface area contributed by atoms with Gasteiger partial charge in [-0.25, -0.2) is 15.0 Å². The summed E-state index contributed by atoms with van der Waals surface area (Å²) >= 11 is 5.96. The van der Waals surface area contributed by atoms with Gasteiger partial charge in [0.05, 0.1) is 23.4 Å². The van der Waals surface area contributed by atoms with Crippen LogP contribution in [0.5, 0.6) is 5.75 Å². The Morgan fingerprint density at radius 2 is 2.10 bits per heavy atom. The van der Waals surface area contributed by atoms with Crippen LogP contribution in [0.2, 0.25) is 5.15 Å². The summed E-state index contributed by atoms with van der Waals surface area (Å²) in [6, 6.07) is 11.3. The molecule has 0 unspecified atom stereocenters. The Morgan fingerprint density at radius 3 is 2.90 bits per heavy atom. The Kier molecular flexibility index (Phi) is 7.29. The molecule has 1 saturated heterocycles. The number of nitrogens with zero attached hydrogens (tertiary/aromatic N) is 6. The number of nitrogens with one attached hydrogen (secondary N) is 3. The van der Waals surface area contributed by atoms with Crippen LogP contribution in [0.15, 0.2) is 55.0 Å². The minimum absolute atomic E-state index is 0.00663. The Hall–Kier alpha value is -4.48. The summed E-state index contributed by atoms with van der Waals surface area (Å²) in [6.45, 7) is 5.67. The number of carbonyl (C=O) groups excluding carboxylic acids is 1. The molecule has 12 heteroatoms. The molecule has 0 aliphatic carbocycles. The van der Waals surface area contributed by atoms with Gasteiger partial charge in [0.1, 0.15) is 17.0 Å². The number of likely N-dealkylation sites (tertiary alicyclic amines) is 1. The first kappa shape index (κ1) is 26.7. The molecule has 1 aromatic carbocycles. The van der Waals surface area contributed by atoms with Gasteiger partial charge in [0, 0.05) is 67.5 Å². The van der Waals surface area contributed by atoms with Crippen LogP contribution in [0.4, 0.5) is 17.5 Å². The quantitative estimate of drug-likeness (QED) is 0.225. The van der Waals surface area contributed by atoms with E-state index in [9.17, 15) is 4.79 Å². The van der Waals surface area contributed by atoms with Crippen LogP contribution in [0.1, 0.15) is 17.7 Å². The summed E-state index contributed by atoms with van der Waals surface area (Å²) in [5.74, 6) is 1.74. The number of benzene rings is 1. The molecule has 1 atom stereocenters. The third-order valence-corrected chi connectivity index (χ3v) is 7.37. The molecular formula is C29H30ClN9O2. The summed E-state index contributed by atoms with van der Waals surface area (Å²) in [6.07, 6.45) is 6.15. The van der Waals surface area contributed by atoms with Crippen molar-refractivity contribution in [2.24, 2.45) is 7.05 Å². The fourth-order valence-electron chi connectivity index (χ4n) is 5.05. The van der Waals surface area contributed by atoms with Crippen LogP contribution in [0, 0.1) is 13.8 Å². The lowest BCUT2D eigenvalue weighted by molar-refractivity contribution is -0.117. The highest BCUT2D eigenvalue weighted by Gasteiger charge is 2.26. The van der Waals surface area contributed by atoms with E-state index in [0.29, 0.717) is 34.9 Å². The Bertz CT molecular complexity index is 1710. The maximum atomic E-state index is 13.0. The van der Waals surface area contributed by atoms with Crippen LogP contribution in [0.3, 0.4) is 0 Å². The van der Waals surface area contributed by atoms with Gasteiger partial charge >= 0.3 is 0 Å². The number of anilines is 3. The molecule has 1 aliphatic heterocycles. The molecule has 11 nitrogen and oxygen atoms in total. The molecular weight excluding hydrogens is 542 g/mol. The number of hydrogen-bond acceptors (Lipinski definition) is 8. The summed E-state index contributed by atoms with van der Waals surface area (Å²) in [4.78, 5) is 31.7. The first-order chi connectivity index (χ1) is 19.8. The number of halogens is 1. The lowest BCUT2D eigenvalue weighted by atomic mass is 10.1.